The van der Waals surface area contributed by atoms with Crippen LogP contribution in [0.2, 0.25) is 0 Å². The van der Waals surface area contributed by atoms with Crippen LogP contribution in [0.25, 0.3) is 0 Å². The maximum atomic E-state index is 12.9. The number of nitrogens with zero attached hydrogens (tertiary/aromatic N) is 1. The summed E-state index contributed by atoms with van der Waals surface area (Å²) in [5.41, 5.74) is 0.978. The normalized spacial score (nSPS) is 12.1. The van der Waals surface area contributed by atoms with Crippen molar-refractivity contribution >= 4 is 27.3 Å². The molecule has 2 aromatic rings. The van der Waals surface area contributed by atoms with Gasteiger partial charge >= 0.3 is 0 Å². The molecule has 0 bridgehead atoms. The monoisotopic (exact) mass is 388 g/mol. The zero-order valence-electron chi connectivity index (χ0n) is 15.5. The van der Waals surface area contributed by atoms with Crippen LogP contribution in [-0.4, -0.2) is 33.2 Å². The van der Waals surface area contributed by atoms with E-state index in [1.165, 1.54) is 0 Å². The number of para-hydroxylation sites is 1. The maximum Gasteiger partial charge on any atom is 0.248 e. The zero-order chi connectivity index (χ0) is 19.9. The molecule has 0 heterocycles. The van der Waals surface area contributed by atoms with Gasteiger partial charge in [-0.1, -0.05) is 43.8 Å². The molecule has 0 saturated carbocycles. The molecule has 1 atom stereocenters. The summed E-state index contributed by atoms with van der Waals surface area (Å²) in [4.78, 5) is 12.9. The highest BCUT2D eigenvalue weighted by Crippen LogP contribution is 2.24. The van der Waals surface area contributed by atoms with E-state index in [1.807, 2.05) is 0 Å². The van der Waals surface area contributed by atoms with Gasteiger partial charge in [0, 0.05) is 11.8 Å². The van der Waals surface area contributed by atoms with E-state index in [0.717, 1.165) is 10.6 Å². The van der Waals surface area contributed by atoms with Gasteiger partial charge in [0.25, 0.3) is 0 Å². The van der Waals surface area contributed by atoms with Gasteiger partial charge < -0.3 is 10.1 Å². The molecule has 0 aliphatic heterocycles. The number of hydrogen-bond acceptors (Lipinski definition) is 4. The molecule has 1 unspecified atom stereocenters. The van der Waals surface area contributed by atoms with Crippen LogP contribution in [0.3, 0.4) is 0 Å². The lowest BCUT2D eigenvalue weighted by Gasteiger charge is -2.30. The molecule has 27 heavy (non-hydrogen) atoms. The first-order valence-corrected chi connectivity index (χ1v) is 10.4. The number of carbonyl (C=O) groups excluding carboxylic acids is 1. The Morgan fingerprint density at radius 2 is 1.93 bits per heavy atom. The number of nitrogens with one attached hydrogen (secondary N) is 1. The van der Waals surface area contributed by atoms with Crippen molar-refractivity contribution in [2.75, 3.05) is 22.5 Å². The van der Waals surface area contributed by atoms with Gasteiger partial charge in [-0.2, -0.15) is 0 Å². The molecule has 0 fully saturated rings. The molecule has 2 aromatic carbocycles. The third kappa shape index (κ3) is 5.59. The van der Waals surface area contributed by atoms with E-state index in [4.69, 9.17) is 4.74 Å². The van der Waals surface area contributed by atoms with Crippen LogP contribution in [0, 0.1) is 0 Å². The first kappa shape index (κ1) is 20.5. The molecule has 1 N–H and O–H groups in total. The Kier molecular flexibility index (Phi) is 7.01. The average molecular weight is 388 g/mol. The fourth-order valence-corrected chi connectivity index (χ4v) is 3.89. The van der Waals surface area contributed by atoms with E-state index in [9.17, 15) is 13.2 Å². The molecule has 0 radical (unpaired) electrons. The first-order valence-electron chi connectivity index (χ1n) is 8.56. The van der Waals surface area contributed by atoms with Crippen LogP contribution in [0.15, 0.2) is 67.3 Å². The number of hydrogen-bond donors (Lipinski definition) is 1. The second kappa shape index (κ2) is 9.23. The third-order valence-electron chi connectivity index (χ3n) is 3.81. The SMILES string of the molecule is C=CCOc1cccc(NC(=O)C(CC)N(c2ccccc2)S(C)(=O)=O)c1. The molecule has 144 valence electrons. The van der Waals surface area contributed by atoms with Crippen LogP contribution < -0.4 is 14.4 Å². The fourth-order valence-electron chi connectivity index (χ4n) is 2.68. The Balaban J connectivity index is 2.27. The highest BCUT2D eigenvalue weighted by atomic mass is 32.2. The Labute approximate surface area is 160 Å². The Morgan fingerprint density at radius 3 is 2.52 bits per heavy atom. The standard InChI is InChI=1S/C20H24N2O4S/c1-4-14-26-18-13-9-10-16(15-18)21-20(23)19(5-2)22(27(3,24)25)17-11-7-6-8-12-17/h4,6-13,15,19H,1,5,14H2,2-3H3,(H,21,23). The summed E-state index contributed by atoms with van der Waals surface area (Å²) in [6.45, 7) is 5.72. The van der Waals surface area contributed by atoms with E-state index < -0.39 is 22.0 Å². The molecule has 0 aliphatic carbocycles. The van der Waals surface area contributed by atoms with E-state index >= 15 is 0 Å². The average Bonchev–Trinajstić information content (AvgIpc) is 2.64. The molecule has 0 spiro atoms. The molecule has 2 rings (SSSR count). The number of sulfonamides is 1. The van der Waals surface area contributed by atoms with E-state index in [0.29, 0.717) is 30.2 Å². The number of carbonyl (C=O) groups is 1. The number of rotatable bonds is 9. The van der Waals surface area contributed by atoms with Crippen LogP contribution in [0.5, 0.6) is 5.75 Å². The lowest BCUT2D eigenvalue weighted by molar-refractivity contribution is -0.117. The summed E-state index contributed by atoms with van der Waals surface area (Å²) in [7, 11) is -3.65. The van der Waals surface area contributed by atoms with E-state index in [1.54, 1.807) is 67.6 Å². The van der Waals surface area contributed by atoms with Gasteiger partial charge in [0.15, 0.2) is 0 Å². The molecular formula is C20H24N2O4S. The summed E-state index contributed by atoms with van der Waals surface area (Å²) in [5, 5.41) is 2.78. The van der Waals surface area contributed by atoms with E-state index in [2.05, 4.69) is 11.9 Å². The van der Waals surface area contributed by atoms with Gasteiger partial charge in [-0.15, -0.1) is 0 Å². The van der Waals surface area contributed by atoms with Gasteiger partial charge in [0.2, 0.25) is 15.9 Å². The van der Waals surface area contributed by atoms with Crippen molar-refractivity contribution in [3.05, 3.63) is 67.3 Å². The topological polar surface area (TPSA) is 75.7 Å². The second-order valence-corrected chi connectivity index (χ2v) is 7.79. The van der Waals surface area contributed by atoms with Gasteiger partial charge in [-0.3, -0.25) is 9.10 Å². The molecule has 6 nitrogen and oxygen atoms in total. The zero-order valence-corrected chi connectivity index (χ0v) is 16.3. The number of ether oxygens (including phenoxy) is 1. The largest absolute Gasteiger partial charge is 0.489 e. The molecule has 1 amide bonds. The minimum absolute atomic E-state index is 0.320. The minimum atomic E-state index is -3.65. The van der Waals surface area contributed by atoms with Crippen molar-refractivity contribution in [3.8, 4) is 5.75 Å². The van der Waals surface area contributed by atoms with Gasteiger partial charge in [0.1, 0.15) is 18.4 Å². The van der Waals surface area contributed by atoms with Gasteiger partial charge in [0.05, 0.1) is 11.9 Å². The quantitative estimate of drug-likeness (QED) is 0.668. The molecule has 7 heteroatoms. The molecule has 0 aliphatic rings. The summed E-state index contributed by atoms with van der Waals surface area (Å²) in [5.74, 6) is 0.177. The predicted molar refractivity (Wildman–Crippen MR) is 109 cm³/mol. The highest BCUT2D eigenvalue weighted by molar-refractivity contribution is 7.92. The number of amides is 1. The van der Waals surface area contributed by atoms with Crippen LogP contribution in [0.1, 0.15) is 13.3 Å². The van der Waals surface area contributed by atoms with E-state index in [-0.39, 0.29) is 0 Å². The van der Waals surface area contributed by atoms with Crippen molar-refractivity contribution < 1.29 is 17.9 Å². The Morgan fingerprint density at radius 1 is 1.22 bits per heavy atom. The Bertz CT molecular complexity index is 882. The van der Waals surface area contributed by atoms with Crippen molar-refractivity contribution in [2.24, 2.45) is 0 Å². The summed E-state index contributed by atoms with van der Waals surface area (Å²) in [6.07, 6.45) is 3.04. The summed E-state index contributed by atoms with van der Waals surface area (Å²) >= 11 is 0. The Hall–Kier alpha value is -2.80. The molecule has 0 saturated heterocycles. The smallest absolute Gasteiger partial charge is 0.248 e. The third-order valence-corrected chi connectivity index (χ3v) is 4.99. The number of benzene rings is 2. The van der Waals surface area contributed by atoms with Crippen molar-refractivity contribution in [1.82, 2.24) is 0 Å². The molecule has 0 aromatic heterocycles. The van der Waals surface area contributed by atoms with Crippen molar-refractivity contribution in [1.29, 1.82) is 0 Å². The number of anilines is 2. The lowest BCUT2D eigenvalue weighted by Crippen LogP contribution is -2.46. The van der Waals surface area contributed by atoms with Crippen LogP contribution >= 0.6 is 0 Å². The fraction of sp³-hybridized carbons (Fsp3) is 0.250. The molecular weight excluding hydrogens is 364 g/mol. The van der Waals surface area contributed by atoms with Gasteiger partial charge in [-0.05, 0) is 30.7 Å². The maximum absolute atomic E-state index is 12.9. The minimum Gasteiger partial charge on any atom is -0.489 e. The summed E-state index contributed by atoms with van der Waals surface area (Å²) < 4.78 is 31.4. The second-order valence-electron chi connectivity index (χ2n) is 5.94. The predicted octanol–water partition coefficient (Wildman–Crippen LogP) is 3.43. The lowest BCUT2D eigenvalue weighted by atomic mass is 10.2. The first-order chi connectivity index (χ1) is 12.9. The van der Waals surface area contributed by atoms with Gasteiger partial charge in [-0.25, -0.2) is 8.42 Å². The van der Waals surface area contributed by atoms with Crippen LogP contribution in [-0.2, 0) is 14.8 Å². The van der Waals surface area contributed by atoms with Crippen LogP contribution in [0.4, 0.5) is 11.4 Å². The summed E-state index contributed by atoms with van der Waals surface area (Å²) in [6, 6.07) is 14.6. The highest BCUT2D eigenvalue weighted by Gasteiger charge is 2.31. The van der Waals surface area contributed by atoms with Crippen molar-refractivity contribution in [3.63, 3.8) is 0 Å². The van der Waals surface area contributed by atoms with Crippen molar-refractivity contribution in [2.45, 2.75) is 19.4 Å².